The second kappa shape index (κ2) is 9.96. The van der Waals surface area contributed by atoms with E-state index in [1.54, 1.807) is 12.1 Å². The van der Waals surface area contributed by atoms with Crippen LogP contribution in [0, 0.1) is 5.92 Å². The molecule has 2 rings (SSSR count). The molecule has 0 spiro atoms. The Balaban J connectivity index is 0.00000264. The van der Waals surface area contributed by atoms with Crippen LogP contribution in [0.25, 0.3) is 0 Å². The van der Waals surface area contributed by atoms with E-state index in [1.165, 1.54) is 6.20 Å². The average molecular weight is 385 g/mol. The summed E-state index contributed by atoms with van der Waals surface area (Å²) in [4.78, 5) is 18.2. The number of aromatic nitrogens is 1. The van der Waals surface area contributed by atoms with Gasteiger partial charge >= 0.3 is 0 Å². The van der Waals surface area contributed by atoms with Crippen LogP contribution in [0.1, 0.15) is 30.1 Å². The Morgan fingerprint density at radius 2 is 2.00 bits per heavy atom. The quantitative estimate of drug-likeness (QED) is 0.817. The molecule has 138 valence electrons. The molecule has 1 fully saturated rings. The van der Waals surface area contributed by atoms with E-state index in [1.807, 2.05) is 0 Å². The summed E-state index contributed by atoms with van der Waals surface area (Å²) in [6.07, 6.45) is 3.67. The molecule has 0 aromatic carbocycles. The number of pyridine rings is 1. The van der Waals surface area contributed by atoms with Crippen molar-refractivity contribution in [2.24, 2.45) is 11.7 Å². The van der Waals surface area contributed by atoms with Crippen LogP contribution in [0.5, 0.6) is 0 Å². The highest BCUT2D eigenvalue weighted by Gasteiger charge is 2.27. The fourth-order valence-corrected chi connectivity index (χ4v) is 2.33. The van der Waals surface area contributed by atoms with Gasteiger partial charge in [-0.2, -0.15) is 0 Å². The molecular weight excluding hydrogens is 361 g/mol. The smallest absolute Gasteiger partial charge is 0.277 e. The number of piperidine rings is 1. The highest BCUT2D eigenvalue weighted by molar-refractivity contribution is 5.94. The van der Waals surface area contributed by atoms with Crippen molar-refractivity contribution in [3.05, 3.63) is 23.9 Å². The van der Waals surface area contributed by atoms with Gasteiger partial charge in [-0.25, -0.2) is 13.8 Å². The fourth-order valence-electron chi connectivity index (χ4n) is 2.33. The first-order chi connectivity index (χ1) is 10.4. The average Bonchev–Trinajstić information content (AvgIpc) is 2.54. The minimum atomic E-state index is -3.09. The Hall–Kier alpha value is -1.18. The SMILES string of the molecule is CC1CCN(c2ccc(C(=O)NCC(F)(F)CN)cn2)CC1.Cl.Cl. The van der Waals surface area contributed by atoms with Gasteiger partial charge in [0.05, 0.1) is 18.7 Å². The van der Waals surface area contributed by atoms with Crippen LogP contribution in [-0.2, 0) is 0 Å². The molecule has 24 heavy (non-hydrogen) atoms. The highest BCUT2D eigenvalue weighted by atomic mass is 35.5. The van der Waals surface area contributed by atoms with Gasteiger partial charge in [0, 0.05) is 19.3 Å². The van der Waals surface area contributed by atoms with E-state index in [0.717, 1.165) is 37.7 Å². The number of carbonyl (C=O) groups is 1. The third-order valence-electron chi connectivity index (χ3n) is 3.92. The van der Waals surface area contributed by atoms with Crippen molar-refractivity contribution in [1.29, 1.82) is 0 Å². The molecule has 0 atom stereocenters. The fraction of sp³-hybridized carbons (Fsp3) is 0.600. The number of nitrogens with zero attached hydrogens (tertiary/aromatic N) is 2. The summed E-state index contributed by atoms with van der Waals surface area (Å²) in [6, 6.07) is 3.36. The van der Waals surface area contributed by atoms with Gasteiger partial charge in [-0.05, 0) is 30.9 Å². The van der Waals surface area contributed by atoms with Crippen molar-refractivity contribution in [3.63, 3.8) is 0 Å². The maximum absolute atomic E-state index is 13.0. The third kappa shape index (κ3) is 6.37. The van der Waals surface area contributed by atoms with Gasteiger partial charge in [0.15, 0.2) is 0 Å². The van der Waals surface area contributed by atoms with Crippen molar-refractivity contribution in [3.8, 4) is 0 Å². The predicted octanol–water partition coefficient (Wildman–Crippen LogP) is 2.49. The second-order valence-corrected chi connectivity index (χ2v) is 5.82. The normalized spacial score (nSPS) is 15.2. The van der Waals surface area contributed by atoms with Gasteiger partial charge in [0.1, 0.15) is 5.82 Å². The maximum Gasteiger partial charge on any atom is 0.277 e. The molecule has 1 saturated heterocycles. The van der Waals surface area contributed by atoms with Crippen LogP contribution >= 0.6 is 24.8 Å². The monoisotopic (exact) mass is 384 g/mol. The Kier molecular flexibility index (Phi) is 9.47. The summed E-state index contributed by atoms with van der Waals surface area (Å²) in [7, 11) is 0. The molecule has 9 heteroatoms. The Bertz CT molecular complexity index is 509. The summed E-state index contributed by atoms with van der Waals surface area (Å²) >= 11 is 0. The van der Waals surface area contributed by atoms with Crippen molar-refractivity contribution in [1.82, 2.24) is 10.3 Å². The van der Waals surface area contributed by atoms with E-state index in [9.17, 15) is 13.6 Å². The Labute approximate surface area is 153 Å². The number of alkyl halides is 2. The van der Waals surface area contributed by atoms with Crippen molar-refractivity contribution in [2.75, 3.05) is 31.1 Å². The van der Waals surface area contributed by atoms with Crippen LogP contribution in [0.15, 0.2) is 18.3 Å². The number of anilines is 1. The topological polar surface area (TPSA) is 71.2 Å². The summed E-state index contributed by atoms with van der Waals surface area (Å²) in [5.74, 6) is -2.12. The van der Waals surface area contributed by atoms with E-state index in [4.69, 9.17) is 5.73 Å². The third-order valence-corrected chi connectivity index (χ3v) is 3.92. The number of amides is 1. The molecule has 1 aromatic heterocycles. The van der Waals surface area contributed by atoms with Gasteiger partial charge in [-0.3, -0.25) is 4.79 Å². The lowest BCUT2D eigenvalue weighted by Crippen LogP contribution is -2.41. The van der Waals surface area contributed by atoms with E-state index in [0.29, 0.717) is 0 Å². The van der Waals surface area contributed by atoms with Crippen LogP contribution in [-0.4, -0.2) is 43.0 Å². The molecule has 0 unspecified atom stereocenters. The Morgan fingerprint density at radius 1 is 1.38 bits per heavy atom. The zero-order chi connectivity index (χ0) is 16.2. The number of carbonyl (C=O) groups excluding carboxylic acids is 1. The highest BCUT2D eigenvalue weighted by Crippen LogP contribution is 2.21. The van der Waals surface area contributed by atoms with Gasteiger partial charge < -0.3 is 16.0 Å². The number of hydrogen-bond acceptors (Lipinski definition) is 4. The molecule has 3 N–H and O–H groups in total. The lowest BCUT2D eigenvalue weighted by Gasteiger charge is -2.31. The minimum Gasteiger partial charge on any atom is -0.357 e. The predicted molar refractivity (Wildman–Crippen MR) is 95.7 cm³/mol. The molecule has 1 amide bonds. The molecule has 0 bridgehead atoms. The van der Waals surface area contributed by atoms with Gasteiger partial charge in [-0.1, -0.05) is 6.92 Å². The maximum atomic E-state index is 13.0. The Morgan fingerprint density at radius 3 is 2.50 bits per heavy atom. The van der Waals surface area contributed by atoms with Crippen LogP contribution < -0.4 is 16.0 Å². The molecule has 5 nitrogen and oxygen atoms in total. The standard InChI is InChI=1S/C15H22F2N4O.2ClH/c1-11-4-6-21(7-5-11)13-3-2-12(8-19-13)14(22)20-10-15(16,17)9-18;;/h2-3,8,11H,4-7,9-10,18H2,1H3,(H,20,22);2*1H. The zero-order valence-electron chi connectivity index (χ0n) is 13.5. The summed E-state index contributed by atoms with van der Waals surface area (Å²) in [5, 5.41) is 2.17. The first-order valence-corrected chi connectivity index (χ1v) is 7.48. The number of halogens is 4. The molecule has 2 heterocycles. The minimum absolute atomic E-state index is 0. The van der Waals surface area contributed by atoms with Gasteiger partial charge in [-0.15, -0.1) is 24.8 Å². The van der Waals surface area contributed by atoms with Crippen LogP contribution in [0.3, 0.4) is 0 Å². The molecule has 0 radical (unpaired) electrons. The van der Waals surface area contributed by atoms with Crippen molar-refractivity contribution in [2.45, 2.75) is 25.7 Å². The van der Waals surface area contributed by atoms with Crippen LogP contribution in [0.4, 0.5) is 14.6 Å². The number of rotatable bonds is 5. The summed E-state index contributed by atoms with van der Waals surface area (Å²) < 4.78 is 26.0. The van der Waals surface area contributed by atoms with Gasteiger partial charge in [0.2, 0.25) is 0 Å². The van der Waals surface area contributed by atoms with Crippen molar-refractivity contribution >= 4 is 36.5 Å². The summed E-state index contributed by atoms with van der Waals surface area (Å²) in [5.41, 5.74) is 5.19. The first-order valence-electron chi connectivity index (χ1n) is 7.48. The molecule has 1 aliphatic heterocycles. The lowest BCUT2D eigenvalue weighted by molar-refractivity contribution is 0.0118. The van der Waals surface area contributed by atoms with Crippen molar-refractivity contribution < 1.29 is 13.6 Å². The van der Waals surface area contributed by atoms with E-state index >= 15 is 0 Å². The van der Waals surface area contributed by atoms with E-state index < -0.39 is 24.9 Å². The molecule has 1 aromatic rings. The second-order valence-electron chi connectivity index (χ2n) is 5.82. The van der Waals surface area contributed by atoms with E-state index in [2.05, 4.69) is 22.1 Å². The number of nitrogens with one attached hydrogen (secondary N) is 1. The van der Waals surface area contributed by atoms with E-state index in [-0.39, 0.29) is 30.4 Å². The number of nitrogens with two attached hydrogens (primary N) is 1. The van der Waals surface area contributed by atoms with Gasteiger partial charge in [0.25, 0.3) is 11.8 Å². The molecule has 0 aliphatic carbocycles. The lowest BCUT2D eigenvalue weighted by atomic mass is 9.99. The molecule has 1 aliphatic rings. The largest absolute Gasteiger partial charge is 0.357 e. The first kappa shape index (κ1) is 22.8. The zero-order valence-corrected chi connectivity index (χ0v) is 15.1. The molecule has 0 saturated carbocycles. The van der Waals surface area contributed by atoms with Crippen LogP contribution in [0.2, 0.25) is 0 Å². The summed E-state index contributed by atoms with van der Waals surface area (Å²) in [6.45, 7) is 2.56. The molecular formula is C15H24Cl2F2N4O. The number of hydrogen-bond donors (Lipinski definition) is 2.